The Hall–Kier alpha value is -3.85. The molecule has 3 rings (SSSR count). The Morgan fingerprint density at radius 2 is 1.63 bits per heavy atom. The summed E-state index contributed by atoms with van der Waals surface area (Å²) in [7, 11) is 0. The molecule has 2 aromatic carbocycles. The lowest BCUT2D eigenvalue weighted by molar-refractivity contribution is -0.145. The summed E-state index contributed by atoms with van der Waals surface area (Å²) in [4.78, 5) is 41.0. The second kappa shape index (κ2) is 12.0. The second-order valence-electron chi connectivity index (χ2n) is 7.31. The summed E-state index contributed by atoms with van der Waals surface area (Å²) in [6.45, 7) is 5.44. The highest BCUT2D eigenvalue weighted by atomic mass is 32.2. The predicted octanol–water partition coefficient (Wildman–Crippen LogP) is 4.64. The van der Waals surface area contributed by atoms with Gasteiger partial charge in [-0.1, -0.05) is 41.6 Å². The third-order valence-electron chi connectivity index (χ3n) is 4.71. The highest BCUT2D eigenvalue weighted by Crippen LogP contribution is 2.39. The maximum atomic E-state index is 12.7. The monoisotopic (exact) mass is 495 g/mol. The van der Waals surface area contributed by atoms with E-state index in [2.05, 4.69) is 4.99 Å². The molecule has 8 nitrogen and oxygen atoms in total. The molecular formula is C26H25NO7S. The van der Waals surface area contributed by atoms with Crippen LogP contribution in [0.1, 0.15) is 35.3 Å². The van der Waals surface area contributed by atoms with Gasteiger partial charge in [0.15, 0.2) is 6.61 Å². The minimum Gasteiger partial charge on any atom is -0.506 e. The maximum Gasteiger partial charge on any atom is 0.344 e. The molecule has 182 valence electrons. The van der Waals surface area contributed by atoms with Crippen molar-refractivity contribution >= 4 is 40.7 Å². The number of aryl methyl sites for hydroxylation is 1. The molecule has 0 fully saturated rings. The van der Waals surface area contributed by atoms with E-state index in [0.29, 0.717) is 21.8 Å². The van der Waals surface area contributed by atoms with E-state index in [9.17, 15) is 19.5 Å². The lowest BCUT2D eigenvalue weighted by atomic mass is 10.1. The molecule has 0 radical (unpaired) electrons. The van der Waals surface area contributed by atoms with Crippen LogP contribution in [0.2, 0.25) is 0 Å². The SMILES string of the molecule is CCOC(=O)COc1ccc(/C=C2\SC(=NC(=O)c3ccc(C)cc3)C(C(=O)OCC)=C2O)cc1. The first kappa shape index (κ1) is 25.8. The molecule has 0 aliphatic carbocycles. The van der Waals surface area contributed by atoms with Crippen LogP contribution in [0.3, 0.4) is 0 Å². The van der Waals surface area contributed by atoms with E-state index < -0.39 is 17.8 Å². The molecule has 1 N–H and O–H groups in total. The fraction of sp³-hybridized carbons (Fsp3) is 0.231. The molecule has 35 heavy (non-hydrogen) atoms. The number of rotatable bonds is 8. The number of hydrogen-bond donors (Lipinski definition) is 1. The fourth-order valence-electron chi connectivity index (χ4n) is 3.00. The fourth-order valence-corrected chi connectivity index (χ4v) is 4.01. The van der Waals surface area contributed by atoms with Crippen molar-refractivity contribution in [2.45, 2.75) is 20.8 Å². The first-order valence-corrected chi connectivity index (χ1v) is 11.7. The average molecular weight is 496 g/mol. The third-order valence-corrected chi connectivity index (χ3v) is 5.73. The summed E-state index contributed by atoms with van der Waals surface area (Å²) >= 11 is 0.999. The van der Waals surface area contributed by atoms with Crippen molar-refractivity contribution in [1.82, 2.24) is 0 Å². The number of carbonyl (C=O) groups excluding carboxylic acids is 3. The lowest BCUT2D eigenvalue weighted by Gasteiger charge is -2.06. The number of amides is 1. The summed E-state index contributed by atoms with van der Waals surface area (Å²) in [5.41, 5.74) is 1.90. The zero-order chi connectivity index (χ0) is 25.4. The van der Waals surface area contributed by atoms with Gasteiger partial charge in [-0.25, -0.2) is 14.6 Å². The largest absolute Gasteiger partial charge is 0.506 e. The minimum absolute atomic E-state index is 0.0622. The summed E-state index contributed by atoms with van der Waals surface area (Å²) in [6, 6.07) is 13.6. The molecule has 0 aromatic heterocycles. The molecule has 1 aliphatic rings. The number of aliphatic hydroxyl groups excluding tert-OH is 1. The van der Waals surface area contributed by atoms with E-state index in [1.54, 1.807) is 68.5 Å². The molecule has 0 bridgehead atoms. The summed E-state index contributed by atoms with van der Waals surface area (Å²) in [5, 5.41) is 10.8. The van der Waals surface area contributed by atoms with Gasteiger partial charge in [0.05, 0.1) is 18.1 Å². The van der Waals surface area contributed by atoms with Gasteiger partial charge in [-0.15, -0.1) is 0 Å². The number of hydrogen-bond acceptors (Lipinski definition) is 8. The van der Waals surface area contributed by atoms with Gasteiger partial charge in [0.25, 0.3) is 5.91 Å². The standard InChI is InChI=1S/C26H25NO7S/c1-4-32-21(28)15-34-19-12-8-17(9-13-19)14-20-23(29)22(26(31)33-5-2)25(35-20)27-24(30)18-10-6-16(3)7-11-18/h6-14,29H,4-5,15H2,1-3H3/b20-14-,27-25?. The maximum absolute atomic E-state index is 12.7. The molecule has 0 saturated carbocycles. The van der Waals surface area contributed by atoms with Crippen LogP contribution in [0.4, 0.5) is 0 Å². The molecule has 0 unspecified atom stereocenters. The van der Waals surface area contributed by atoms with E-state index >= 15 is 0 Å². The first-order valence-electron chi connectivity index (χ1n) is 10.9. The Bertz CT molecular complexity index is 1200. The third kappa shape index (κ3) is 6.83. The molecule has 1 aliphatic heterocycles. The number of thioether (sulfide) groups is 1. The Morgan fingerprint density at radius 3 is 2.26 bits per heavy atom. The lowest BCUT2D eigenvalue weighted by Crippen LogP contribution is -2.14. The van der Waals surface area contributed by atoms with E-state index in [1.165, 1.54) is 0 Å². The summed E-state index contributed by atoms with van der Waals surface area (Å²) in [5.74, 6) is -1.61. The Kier molecular flexibility index (Phi) is 8.86. The normalized spacial score (nSPS) is 15.4. The highest BCUT2D eigenvalue weighted by Gasteiger charge is 2.33. The Balaban J connectivity index is 1.84. The van der Waals surface area contributed by atoms with Crippen molar-refractivity contribution in [3.05, 3.63) is 81.5 Å². The first-order chi connectivity index (χ1) is 16.8. The quantitative estimate of drug-likeness (QED) is 0.527. The Morgan fingerprint density at radius 1 is 0.971 bits per heavy atom. The highest BCUT2D eigenvalue weighted by molar-refractivity contribution is 8.18. The predicted molar refractivity (Wildman–Crippen MR) is 133 cm³/mol. The van der Waals surface area contributed by atoms with E-state index in [1.807, 2.05) is 6.92 Å². The van der Waals surface area contributed by atoms with Gasteiger partial charge in [0, 0.05) is 5.56 Å². The molecular weight excluding hydrogens is 470 g/mol. The number of carbonyl (C=O) groups is 3. The van der Waals surface area contributed by atoms with Gasteiger partial charge in [-0.2, -0.15) is 0 Å². The molecule has 9 heteroatoms. The molecule has 0 saturated heterocycles. The van der Waals surface area contributed by atoms with Crippen LogP contribution in [-0.2, 0) is 19.1 Å². The van der Waals surface area contributed by atoms with Crippen LogP contribution >= 0.6 is 11.8 Å². The van der Waals surface area contributed by atoms with Gasteiger partial charge in [-0.05, 0) is 56.7 Å². The van der Waals surface area contributed by atoms with Crippen molar-refractivity contribution in [2.24, 2.45) is 4.99 Å². The van der Waals surface area contributed by atoms with E-state index in [-0.39, 0.29) is 36.2 Å². The minimum atomic E-state index is -0.765. The van der Waals surface area contributed by atoms with Gasteiger partial charge in [0.1, 0.15) is 22.1 Å². The Labute approximate surface area is 207 Å². The zero-order valence-electron chi connectivity index (χ0n) is 19.6. The van der Waals surface area contributed by atoms with Crippen LogP contribution in [0.15, 0.2) is 69.8 Å². The van der Waals surface area contributed by atoms with Crippen LogP contribution in [0.25, 0.3) is 6.08 Å². The summed E-state index contributed by atoms with van der Waals surface area (Å²) in [6.07, 6.45) is 1.65. The molecule has 1 amide bonds. The van der Waals surface area contributed by atoms with Gasteiger partial charge in [0.2, 0.25) is 0 Å². The van der Waals surface area contributed by atoms with Crippen molar-refractivity contribution in [3.8, 4) is 5.75 Å². The molecule has 2 aromatic rings. The topological polar surface area (TPSA) is 111 Å². The average Bonchev–Trinajstić information content (AvgIpc) is 3.13. The number of aliphatic imine (C=N–C) groups is 1. The second-order valence-corrected chi connectivity index (χ2v) is 8.34. The zero-order valence-corrected chi connectivity index (χ0v) is 20.4. The number of aliphatic hydroxyl groups is 1. The molecule has 1 heterocycles. The van der Waals surface area contributed by atoms with Gasteiger partial charge >= 0.3 is 11.9 Å². The van der Waals surface area contributed by atoms with Gasteiger partial charge in [-0.3, -0.25) is 4.79 Å². The number of esters is 2. The van der Waals surface area contributed by atoms with Crippen molar-refractivity contribution in [3.63, 3.8) is 0 Å². The number of ether oxygens (including phenoxy) is 3. The van der Waals surface area contributed by atoms with Crippen molar-refractivity contribution in [1.29, 1.82) is 0 Å². The van der Waals surface area contributed by atoms with E-state index in [4.69, 9.17) is 14.2 Å². The van der Waals surface area contributed by atoms with E-state index in [0.717, 1.165) is 17.3 Å². The van der Waals surface area contributed by atoms with Crippen LogP contribution in [-0.4, -0.2) is 47.8 Å². The van der Waals surface area contributed by atoms with Crippen LogP contribution < -0.4 is 4.74 Å². The molecule has 0 atom stereocenters. The van der Waals surface area contributed by atoms with Crippen molar-refractivity contribution < 1.29 is 33.7 Å². The van der Waals surface area contributed by atoms with Crippen LogP contribution in [0.5, 0.6) is 5.75 Å². The molecule has 0 spiro atoms. The van der Waals surface area contributed by atoms with Gasteiger partial charge < -0.3 is 19.3 Å². The number of benzene rings is 2. The smallest absolute Gasteiger partial charge is 0.344 e. The van der Waals surface area contributed by atoms with Crippen molar-refractivity contribution in [2.75, 3.05) is 19.8 Å². The number of nitrogens with zero attached hydrogens (tertiary/aromatic N) is 1. The van der Waals surface area contributed by atoms with Crippen LogP contribution in [0, 0.1) is 6.92 Å². The summed E-state index contributed by atoms with van der Waals surface area (Å²) < 4.78 is 15.3.